The molecule has 0 saturated carbocycles. The van der Waals surface area contributed by atoms with Crippen molar-refractivity contribution in [1.29, 1.82) is 0 Å². The van der Waals surface area contributed by atoms with Gasteiger partial charge in [-0.3, -0.25) is 20.3 Å². The normalized spacial score (nSPS) is 15.6. The Bertz CT molecular complexity index is 915. The number of hydrazine groups is 1. The van der Waals surface area contributed by atoms with Gasteiger partial charge in [-0.05, 0) is 18.1 Å². The van der Waals surface area contributed by atoms with Gasteiger partial charge < -0.3 is 24.6 Å². The SMILES string of the molecule is CNC(=O)CN1Cc2ccc(OCCCC(=O)NN3CCOCC3)cc2N=C1NC(=O)N(C)C. The third-order valence-electron chi connectivity index (χ3n) is 5.29. The van der Waals surface area contributed by atoms with Crippen molar-refractivity contribution in [2.24, 2.45) is 4.99 Å². The first-order valence-corrected chi connectivity index (χ1v) is 11.3. The summed E-state index contributed by atoms with van der Waals surface area (Å²) in [6.45, 7) is 3.48. The van der Waals surface area contributed by atoms with Crippen molar-refractivity contribution in [3.8, 4) is 5.75 Å². The van der Waals surface area contributed by atoms with Crippen LogP contribution in [0.25, 0.3) is 0 Å². The van der Waals surface area contributed by atoms with Gasteiger partial charge in [0.05, 0.1) is 25.5 Å². The number of nitrogens with one attached hydrogen (secondary N) is 3. The summed E-state index contributed by atoms with van der Waals surface area (Å²) < 4.78 is 11.1. The standard InChI is InChI=1S/C22H33N7O5/c1-23-20(31)15-28-14-16-6-7-17(13-18(16)24-21(28)25-22(32)27(2)3)34-10-4-5-19(30)26-29-8-11-33-12-9-29/h6-7,13H,4-5,8-12,14-15H2,1-3H3,(H,23,31)(H,26,30)(H,24,25,32). The number of hydrogen-bond donors (Lipinski definition) is 3. The fourth-order valence-corrected chi connectivity index (χ4v) is 3.36. The third kappa shape index (κ3) is 7.32. The molecule has 0 unspecified atom stereocenters. The van der Waals surface area contributed by atoms with E-state index in [2.05, 4.69) is 21.1 Å². The third-order valence-corrected chi connectivity index (χ3v) is 5.29. The maximum Gasteiger partial charge on any atom is 0.323 e. The summed E-state index contributed by atoms with van der Waals surface area (Å²) in [6.07, 6.45) is 0.927. The van der Waals surface area contributed by atoms with Gasteiger partial charge in [0.2, 0.25) is 17.8 Å². The van der Waals surface area contributed by atoms with E-state index in [1.54, 1.807) is 32.1 Å². The van der Waals surface area contributed by atoms with Crippen LogP contribution < -0.4 is 20.8 Å². The Kier molecular flexibility index (Phi) is 9.05. The molecule has 34 heavy (non-hydrogen) atoms. The van der Waals surface area contributed by atoms with E-state index in [0.29, 0.717) is 69.7 Å². The smallest absolute Gasteiger partial charge is 0.323 e. The van der Waals surface area contributed by atoms with Gasteiger partial charge in [0.25, 0.3) is 0 Å². The Balaban J connectivity index is 1.57. The minimum Gasteiger partial charge on any atom is -0.494 e. The highest BCUT2D eigenvalue weighted by Crippen LogP contribution is 2.30. The Hall–Kier alpha value is -3.38. The van der Waals surface area contributed by atoms with Gasteiger partial charge in [-0.1, -0.05) is 6.07 Å². The lowest BCUT2D eigenvalue weighted by molar-refractivity contribution is -0.128. The van der Waals surface area contributed by atoms with Crippen LogP contribution in [0.15, 0.2) is 23.2 Å². The number of morpholine rings is 1. The van der Waals surface area contributed by atoms with Gasteiger partial charge >= 0.3 is 6.03 Å². The van der Waals surface area contributed by atoms with E-state index in [4.69, 9.17) is 9.47 Å². The number of nitrogens with zero attached hydrogens (tertiary/aromatic N) is 4. The lowest BCUT2D eigenvalue weighted by Crippen LogP contribution is -2.50. The summed E-state index contributed by atoms with van der Waals surface area (Å²) in [5, 5.41) is 7.20. The van der Waals surface area contributed by atoms with Crippen LogP contribution in [-0.4, -0.2) is 99.2 Å². The summed E-state index contributed by atoms with van der Waals surface area (Å²) in [6, 6.07) is 5.18. The highest BCUT2D eigenvalue weighted by Gasteiger charge is 2.24. The molecular formula is C22H33N7O5. The number of amides is 4. The van der Waals surface area contributed by atoms with Gasteiger partial charge in [0, 0.05) is 53.3 Å². The molecule has 1 fully saturated rings. The average molecular weight is 476 g/mol. The number of fused-ring (bicyclic) bond motifs is 1. The Labute approximate surface area is 199 Å². The largest absolute Gasteiger partial charge is 0.494 e. The van der Waals surface area contributed by atoms with Gasteiger partial charge in [-0.25, -0.2) is 14.8 Å². The molecular weight excluding hydrogens is 442 g/mol. The zero-order valence-electron chi connectivity index (χ0n) is 19.9. The second-order valence-corrected chi connectivity index (χ2v) is 8.17. The molecule has 0 aromatic heterocycles. The number of ether oxygens (including phenoxy) is 2. The molecule has 1 saturated heterocycles. The molecule has 1 aromatic rings. The molecule has 0 atom stereocenters. The molecule has 4 amide bonds. The molecule has 0 radical (unpaired) electrons. The Morgan fingerprint density at radius 3 is 2.65 bits per heavy atom. The number of aliphatic imine (C=N–C) groups is 1. The number of rotatable bonds is 8. The Morgan fingerprint density at radius 2 is 1.94 bits per heavy atom. The van der Waals surface area contributed by atoms with E-state index < -0.39 is 0 Å². The topological polar surface area (TPSA) is 128 Å². The first-order valence-electron chi connectivity index (χ1n) is 11.3. The quantitative estimate of drug-likeness (QED) is 0.453. The first-order chi connectivity index (χ1) is 16.4. The van der Waals surface area contributed by atoms with E-state index in [1.165, 1.54) is 4.90 Å². The van der Waals surface area contributed by atoms with Crippen LogP contribution in [0.5, 0.6) is 5.75 Å². The second kappa shape index (κ2) is 12.2. The van der Waals surface area contributed by atoms with E-state index in [0.717, 1.165) is 5.56 Å². The molecule has 186 valence electrons. The van der Waals surface area contributed by atoms with Crippen LogP contribution in [-0.2, 0) is 20.9 Å². The minimum atomic E-state index is -0.341. The fourth-order valence-electron chi connectivity index (χ4n) is 3.36. The molecule has 2 aliphatic heterocycles. The van der Waals surface area contributed by atoms with Crippen molar-refractivity contribution in [1.82, 2.24) is 30.9 Å². The minimum absolute atomic E-state index is 0.0435. The second-order valence-electron chi connectivity index (χ2n) is 8.17. The summed E-state index contributed by atoms with van der Waals surface area (Å²) >= 11 is 0. The van der Waals surface area contributed by atoms with Crippen molar-refractivity contribution >= 4 is 29.5 Å². The predicted octanol–water partition coefficient (Wildman–Crippen LogP) is 0.0293. The van der Waals surface area contributed by atoms with E-state index in [9.17, 15) is 14.4 Å². The molecule has 12 heteroatoms. The number of guanidine groups is 1. The van der Waals surface area contributed by atoms with Gasteiger partial charge in [-0.2, -0.15) is 0 Å². The molecule has 1 aromatic carbocycles. The van der Waals surface area contributed by atoms with Crippen molar-refractivity contribution in [3.05, 3.63) is 23.8 Å². The van der Waals surface area contributed by atoms with Gasteiger partial charge in [0.15, 0.2) is 0 Å². The van der Waals surface area contributed by atoms with Crippen LogP contribution in [0.4, 0.5) is 10.5 Å². The van der Waals surface area contributed by atoms with Crippen LogP contribution in [0, 0.1) is 0 Å². The number of urea groups is 1. The number of likely N-dealkylation sites (N-methyl/N-ethyl adjacent to an activating group) is 1. The van der Waals surface area contributed by atoms with Crippen molar-refractivity contribution in [2.45, 2.75) is 19.4 Å². The number of benzene rings is 1. The average Bonchev–Trinajstić information content (AvgIpc) is 2.82. The molecule has 2 heterocycles. The number of carbonyl (C=O) groups excluding carboxylic acids is 3. The first kappa shape index (κ1) is 25.2. The highest BCUT2D eigenvalue weighted by atomic mass is 16.5. The zero-order valence-corrected chi connectivity index (χ0v) is 19.9. The summed E-state index contributed by atoms with van der Waals surface area (Å²) in [5.41, 5.74) is 4.44. The summed E-state index contributed by atoms with van der Waals surface area (Å²) in [7, 11) is 4.82. The molecule has 3 rings (SSSR count). The highest BCUT2D eigenvalue weighted by molar-refractivity contribution is 5.99. The van der Waals surface area contributed by atoms with Crippen molar-refractivity contribution in [2.75, 3.05) is 60.6 Å². The van der Waals surface area contributed by atoms with Gasteiger partial charge in [0.1, 0.15) is 12.3 Å². The van der Waals surface area contributed by atoms with Crippen molar-refractivity contribution in [3.63, 3.8) is 0 Å². The van der Waals surface area contributed by atoms with Crippen LogP contribution in [0.1, 0.15) is 18.4 Å². The van der Waals surface area contributed by atoms with Crippen LogP contribution >= 0.6 is 0 Å². The molecule has 0 bridgehead atoms. The molecule has 12 nitrogen and oxygen atoms in total. The maximum absolute atomic E-state index is 12.2. The van der Waals surface area contributed by atoms with Crippen LogP contribution in [0.3, 0.4) is 0 Å². The lowest BCUT2D eigenvalue weighted by Gasteiger charge is -2.30. The maximum atomic E-state index is 12.2. The Morgan fingerprint density at radius 1 is 1.18 bits per heavy atom. The summed E-state index contributed by atoms with van der Waals surface area (Å²) in [5.74, 6) is 0.687. The number of hydrogen-bond acceptors (Lipinski definition) is 8. The molecule has 2 aliphatic rings. The number of carbonyl (C=O) groups is 3. The zero-order chi connectivity index (χ0) is 24.5. The molecule has 0 spiro atoms. The van der Waals surface area contributed by atoms with Crippen molar-refractivity contribution < 1.29 is 23.9 Å². The van der Waals surface area contributed by atoms with E-state index >= 15 is 0 Å². The molecule has 3 N–H and O–H groups in total. The van der Waals surface area contributed by atoms with E-state index in [1.807, 2.05) is 17.1 Å². The fraction of sp³-hybridized carbons (Fsp3) is 0.545. The van der Waals surface area contributed by atoms with Gasteiger partial charge in [-0.15, -0.1) is 0 Å². The monoisotopic (exact) mass is 475 g/mol. The lowest BCUT2D eigenvalue weighted by atomic mass is 10.1. The molecule has 0 aliphatic carbocycles. The summed E-state index contributed by atoms with van der Waals surface area (Å²) in [4.78, 5) is 43.9. The predicted molar refractivity (Wildman–Crippen MR) is 125 cm³/mol. The van der Waals surface area contributed by atoms with E-state index in [-0.39, 0.29) is 24.4 Å². The van der Waals surface area contributed by atoms with Crippen LogP contribution in [0.2, 0.25) is 0 Å².